The highest BCUT2D eigenvalue weighted by molar-refractivity contribution is 7.80. The topological polar surface area (TPSA) is 27.7 Å². The molecule has 3 rings (SSSR count). The molecule has 2 aromatic carbocycles. The van der Waals surface area contributed by atoms with Gasteiger partial charge < -0.3 is 19.9 Å². The number of unbranched alkanes of at least 4 members (excludes halogenated alkanes) is 1. The minimum absolute atomic E-state index is 0.771. The van der Waals surface area contributed by atoms with E-state index in [9.17, 15) is 0 Å². The van der Waals surface area contributed by atoms with Crippen LogP contribution in [0.15, 0.2) is 54.6 Å². The first-order valence-corrected chi connectivity index (χ1v) is 9.76. The lowest BCUT2D eigenvalue weighted by Crippen LogP contribution is -2.50. The zero-order valence-electron chi connectivity index (χ0n) is 15.4. The maximum atomic E-state index is 5.70. The minimum Gasteiger partial charge on any atom is -0.494 e. The second-order valence-corrected chi connectivity index (χ2v) is 6.85. The standard InChI is InChI=1S/C21H27N3OS/c1-2-3-17-25-20-11-9-18(10-12-20)22-21(26)24-15-13-23(14-16-24)19-7-5-4-6-8-19/h4-12H,2-3,13-17H2,1H3,(H,22,26). The lowest BCUT2D eigenvalue weighted by molar-refractivity contribution is 0.309. The summed E-state index contributed by atoms with van der Waals surface area (Å²) in [6, 6.07) is 18.6. The molecule has 0 atom stereocenters. The van der Waals surface area contributed by atoms with Crippen molar-refractivity contribution in [2.24, 2.45) is 0 Å². The largest absolute Gasteiger partial charge is 0.494 e. The average molecular weight is 370 g/mol. The van der Waals surface area contributed by atoms with Crippen LogP contribution in [0.25, 0.3) is 0 Å². The lowest BCUT2D eigenvalue weighted by Gasteiger charge is -2.37. The first-order valence-electron chi connectivity index (χ1n) is 9.35. The van der Waals surface area contributed by atoms with Gasteiger partial charge in [0.05, 0.1) is 6.61 Å². The molecule has 1 fully saturated rings. The summed E-state index contributed by atoms with van der Waals surface area (Å²) in [4.78, 5) is 4.64. The molecule has 0 aliphatic carbocycles. The van der Waals surface area contributed by atoms with E-state index in [0.717, 1.165) is 62.2 Å². The molecule has 1 saturated heterocycles. The van der Waals surface area contributed by atoms with E-state index in [2.05, 4.69) is 52.4 Å². The van der Waals surface area contributed by atoms with Gasteiger partial charge in [-0.1, -0.05) is 31.5 Å². The Labute approximate surface area is 161 Å². The van der Waals surface area contributed by atoms with Crippen LogP contribution in [0.2, 0.25) is 0 Å². The lowest BCUT2D eigenvalue weighted by atomic mass is 10.2. The normalized spacial score (nSPS) is 14.2. The van der Waals surface area contributed by atoms with Crippen molar-refractivity contribution in [3.63, 3.8) is 0 Å². The van der Waals surface area contributed by atoms with Gasteiger partial charge in [-0.3, -0.25) is 0 Å². The Morgan fingerprint density at radius 2 is 1.69 bits per heavy atom. The molecular formula is C21H27N3OS. The zero-order chi connectivity index (χ0) is 18.2. The summed E-state index contributed by atoms with van der Waals surface area (Å²) in [5.41, 5.74) is 2.29. The van der Waals surface area contributed by atoms with Crippen molar-refractivity contribution in [3.05, 3.63) is 54.6 Å². The third-order valence-electron chi connectivity index (χ3n) is 4.56. The van der Waals surface area contributed by atoms with E-state index in [1.807, 2.05) is 24.3 Å². The Hall–Kier alpha value is -2.27. The van der Waals surface area contributed by atoms with Gasteiger partial charge in [0.1, 0.15) is 5.75 Å². The van der Waals surface area contributed by atoms with Gasteiger partial charge in [-0.2, -0.15) is 0 Å². The molecule has 2 aromatic rings. The molecule has 1 aliphatic rings. The molecule has 1 N–H and O–H groups in total. The van der Waals surface area contributed by atoms with Gasteiger partial charge in [0.15, 0.2) is 5.11 Å². The number of rotatable bonds is 6. The Balaban J connectivity index is 1.47. The second-order valence-electron chi connectivity index (χ2n) is 6.47. The van der Waals surface area contributed by atoms with Crippen molar-refractivity contribution in [1.29, 1.82) is 0 Å². The number of thiocarbonyl (C=S) groups is 1. The van der Waals surface area contributed by atoms with Crippen LogP contribution in [-0.4, -0.2) is 42.8 Å². The molecule has 0 aromatic heterocycles. The number of nitrogens with zero attached hydrogens (tertiary/aromatic N) is 2. The minimum atomic E-state index is 0.771. The van der Waals surface area contributed by atoms with Crippen LogP contribution in [0, 0.1) is 0 Å². The van der Waals surface area contributed by atoms with Gasteiger partial charge >= 0.3 is 0 Å². The number of hydrogen-bond acceptors (Lipinski definition) is 3. The highest BCUT2D eigenvalue weighted by Gasteiger charge is 2.19. The summed E-state index contributed by atoms with van der Waals surface area (Å²) in [6.07, 6.45) is 2.23. The quantitative estimate of drug-likeness (QED) is 0.602. The van der Waals surface area contributed by atoms with Gasteiger partial charge in [-0.25, -0.2) is 0 Å². The highest BCUT2D eigenvalue weighted by atomic mass is 32.1. The SMILES string of the molecule is CCCCOc1ccc(NC(=S)N2CCN(c3ccccc3)CC2)cc1. The summed E-state index contributed by atoms with van der Waals surface area (Å²) in [6.45, 7) is 6.76. The number of hydrogen-bond donors (Lipinski definition) is 1. The number of para-hydroxylation sites is 1. The van der Waals surface area contributed by atoms with Crippen molar-refractivity contribution >= 4 is 28.7 Å². The number of piperazine rings is 1. The van der Waals surface area contributed by atoms with Crippen LogP contribution in [-0.2, 0) is 0 Å². The molecule has 4 nitrogen and oxygen atoms in total. The van der Waals surface area contributed by atoms with Crippen LogP contribution < -0.4 is 15.0 Å². The van der Waals surface area contributed by atoms with E-state index in [1.165, 1.54) is 5.69 Å². The summed E-state index contributed by atoms with van der Waals surface area (Å²) >= 11 is 5.59. The van der Waals surface area contributed by atoms with E-state index >= 15 is 0 Å². The molecule has 1 aliphatic heterocycles. The van der Waals surface area contributed by atoms with E-state index < -0.39 is 0 Å². The van der Waals surface area contributed by atoms with Gasteiger partial charge in [-0.05, 0) is 55.0 Å². The van der Waals surface area contributed by atoms with Gasteiger partial charge in [0.2, 0.25) is 0 Å². The molecule has 5 heteroatoms. The average Bonchev–Trinajstić information content (AvgIpc) is 2.70. The smallest absolute Gasteiger partial charge is 0.173 e. The third kappa shape index (κ3) is 5.11. The Morgan fingerprint density at radius 3 is 2.35 bits per heavy atom. The summed E-state index contributed by atoms with van der Waals surface area (Å²) < 4.78 is 5.70. The summed E-state index contributed by atoms with van der Waals surface area (Å²) in [7, 11) is 0. The van der Waals surface area contributed by atoms with Crippen LogP contribution in [0.5, 0.6) is 5.75 Å². The first-order chi connectivity index (χ1) is 12.8. The summed E-state index contributed by atoms with van der Waals surface area (Å²) in [5, 5.41) is 4.13. The number of ether oxygens (including phenoxy) is 1. The van der Waals surface area contributed by atoms with Crippen LogP contribution in [0.1, 0.15) is 19.8 Å². The number of nitrogens with one attached hydrogen (secondary N) is 1. The fraction of sp³-hybridized carbons (Fsp3) is 0.381. The van der Waals surface area contributed by atoms with Crippen molar-refractivity contribution in [3.8, 4) is 5.75 Å². The fourth-order valence-corrected chi connectivity index (χ4v) is 3.28. The van der Waals surface area contributed by atoms with Crippen LogP contribution in [0.3, 0.4) is 0 Å². The van der Waals surface area contributed by atoms with Gasteiger partial charge in [0.25, 0.3) is 0 Å². The first kappa shape index (κ1) is 18.5. The molecular weight excluding hydrogens is 342 g/mol. The molecule has 0 saturated carbocycles. The number of benzene rings is 2. The molecule has 0 amide bonds. The monoisotopic (exact) mass is 369 g/mol. The highest BCUT2D eigenvalue weighted by Crippen LogP contribution is 2.18. The fourth-order valence-electron chi connectivity index (χ4n) is 2.98. The maximum absolute atomic E-state index is 5.70. The molecule has 0 unspecified atom stereocenters. The van der Waals surface area contributed by atoms with E-state index in [4.69, 9.17) is 17.0 Å². The maximum Gasteiger partial charge on any atom is 0.173 e. The predicted molar refractivity (Wildman–Crippen MR) is 113 cm³/mol. The molecule has 26 heavy (non-hydrogen) atoms. The Morgan fingerprint density at radius 1 is 1.00 bits per heavy atom. The third-order valence-corrected chi connectivity index (χ3v) is 4.92. The zero-order valence-corrected chi connectivity index (χ0v) is 16.2. The van der Waals surface area contributed by atoms with Crippen LogP contribution >= 0.6 is 12.2 Å². The molecule has 1 heterocycles. The molecule has 0 radical (unpaired) electrons. The van der Waals surface area contributed by atoms with Gasteiger partial charge in [0, 0.05) is 37.6 Å². The Bertz CT molecular complexity index is 682. The molecule has 138 valence electrons. The molecule has 0 spiro atoms. The number of anilines is 2. The van der Waals surface area contributed by atoms with E-state index in [-0.39, 0.29) is 0 Å². The van der Waals surface area contributed by atoms with Gasteiger partial charge in [-0.15, -0.1) is 0 Å². The van der Waals surface area contributed by atoms with Crippen molar-refractivity contribution in [1.82, 2.24) is 4.90 Å². The Kier molecular flexibility index (Phi) is 6.72. The summed E-state index contributed by atoms with van der Waals surface area (Å²) in [5.74, 6) is 0.909. The van der Waals surface area contributed by atoms with Crippen molar-refractivity contribution in [2.45, 2.75) is 19.8 Å². The van der Waals surface area contributed by atoms with E-state index in [0.29, 0.717) is 0 Å². The van der Waals surface area contributed by atoms with Crippen LogP contribution in [0.4, 0.5) is 11.4 Å². The van der Waals surface area contributed by atoms with Crippen molar-refractivity contribution in [2.75, 3.05) is 43.0 Å². The van der Waals surface area contributed by atoms with E-state index in [1.54, 1.807) is 0 Å². The predicted octanol–water partition coefficient (Wildman–Crippen LogP) is 4.38. The second kappa shape index (κ2) is 9.43. The van der Waals surface area contributed by atoms with Crippen molar-refractivity contribution < 1.29 is 4.74 Å². The molecule has 0 bridgehead atoms.